The summed E-state index contributed by atoms with van der Waals surface area (Å²) in [6.45, 7) is 0. The molecule has 3 aromatic rings. The van der Waals surface area contributed by atoms with Crippen molar-refractivity contribution in [2.45, 2.75) is 0 Å². The number of aromatic amines is 1. The molecule has 2 heterocycles. The molecule has 0 aliphatic heterocycles. The molecular weight excluding hydrogens is 445 g/mol. The average molecular weight is 454 g/mol. The summed E-state index contributed by atoms with van der Waals surface area (Å²) in [6, 6.07) is 11.5. The van der Waals surface area contributed by atoms with E-state index in [1.54, 1.807) is 12.4 Å². The maximum atomic E-state index is 12.2. The highest BCUT2D eigenvalue weighted by molar-refractivity contribution is 14.1. The molecule has 1 N–H and O–H groups in total. The van der Waals surface area contributed by atoms with Crippen molar-refractivity contribution in [1.82, 2.24) is 15.0 Å². The Kier molecular flexibility index (Phi) is 4.16. The monoisotopic (exact) mass is 453 g/mol. The van der Waals surface area contributed by atoms with E-state index in [0.29, 0.717) is 15.1 Å². The van der Waals surface area contributed by atoms with Crippen LogP contribution in [0.5, 0.6) is 0 Å². The van der Waals surface area contributed by atoms with E-state index in [0.717, 1.165) is 15.6 Å². The Morgan fingerprint density at radius 1 is 1.10 bits per heavy atom. The molecule has 4 nitrogen and oxygen atoms in total. The molecule has 0 radical (unpaired) electrons. The summed E-state index contributed by atoms with van der Waals surface area (Å²) < 4.78 is 1.41. The van der Waals surface area contributed by atoms with E-state index < -0.39 is 0 Å². The fraction of sp³-hybridized carbons (Fsp3) is 0. The second kappa shape index (κ2) is 6.07. The summed E-state index contributed by atoms with van der Waals surface area (Å²) in [5.74, 6) is 0.507. The lowest BCUT2D eigenvalue weighted by Crippen LogP contribution is -2.14. The average Bonchev–Trinajstić information content (AvgIpc) is 2.51. The summed E-state index contributed by atoms with van der Waals surface area (Å²) in [6.07, 6.45) is 3.36. The van der Waals surface area contributed by atoms with Crippen LogP contribution < -0.4 is 5.56 Å². The third-order valence-electron chi connectivity index (χ3n) is 2.89. The van der Waals surface area contributed by atoms with Crippen LogP contribution in [0.25, 0.3) is 22.6 Å². The molecule has 0 saturated heterocycles. The summed E-state index contributed by atoms with van der Waals surface area (Å²) in [7, 11) is 0. The van der Waals surface area contributed by atoms with E-state index in [1.165, 1.54) is 0 Å². The van der Waals surface area contributed by atoms with E-state index in [4.69, 9.17) is 0 Å². The zero-order chi connectivity index (χ0) is 14.8. The molecule has 6 heteroatoms. The van der Waals surface area contributed by atoms with Gasteiger partial charge in [-0.15, -0.1) is 0 Å². The first-order chi connectivity index (χ1) is 10.1. The zero-order valence-corrected chi connectivity index (χ0v) is 14.4. The second-order valence-corrected chi connectivity index (χ2v) is 6.33. The molecule has 2 aromatic heterocycles. The van der Waals surface area contributed by atoms with Crippen LogP contribution in [-0.4, -0.2) is 15.0 Å². The Bertz CT molecular complexity index is 849. The van der Waals surface area contributed by atoms with Gasteiger partial charge in [-0.25, -0.2) is 4.98 Å². The van der Waals surface area contributed by atoms with Gasteiger partial charge in [0.1, 0.15) is 9.39 Å². The van der Waals surface area contributed by atoms with Crippen LogP contribution >= 0.6 is 38.5 Å². The number of halogens is 2. The van der Waals surface area contributed by atoms with Gasteiger partial charge >= 0.3 is 0 Å². The van der Waals surface area contributed by atoms with Gasteiger partial charge in [0, 0.05) is 28.0 Å². The highest BCUT2D eigenvalue weighted by Gasteiger charge is 2.12. The number of rotatable bonds is 2. The molecule has 1 aromatic carbocycles. The van der Waals surface area contributed by atoms with E-state index in [1.807, 2.05) is 59.0 Å². The maximum Gasteiger partial charge on any atom is 0.265 e. The minimum atomic E-state index is -0.153. The Labute approximate surface area is 142 Å². The smallest absolute Gasteiger partial charge is 0.265 e. The first-order valence-electron chi connectivity index (χ1n) is 6.11. The van der Waals surface area contributed by atoms with E-state index in [2.05, 4.69) is 30.9 Å². The highest BCUT2D eigenvalue weighted by atomic mass is 127. The molecular formula is C15H9BrIN3O. The number of hydrogen-bond acceptors (Lipinski definition) is 3. The number of H-pyrrole nitrogens is 1. The van der Waals surface area contributed by atoms with Crippen LogP contribution in [0.1, 0.15) is 0 Å². The van der Waals surface area contributed by atoms with Crippen molar-refractivity contribution in [3.63, 3.8) is 0 Å². The van der Waals surface area contributed by atoms with Crippen LogP contribution in [0, 0.1) is 3.57 Å². The van der Waals surface area contributed by atoms with Crippen molar-refractivity contribution in [2.75, 3.05) is 0 Å². The molecule has 104 valence electrons. The molecule has 21 heavy (non-hydrogen) atoms. The molecule has 0 unspecified atom stereocenters. The van der Waals surface area contributed by atoms with Crippen LogP contribution in [0.15, 0.2) is 58.1 Å². The third-order valence-corrected chi connectivity index (χ3v) is 4.32. The quantitative estimate of drug-likeness (QED) is 0.599. The lowest BCUT2D eigenvalue weighted by molar-refractivity contribution is 1.10. The number of aromatic nitrogens is 3. The first-order valence-corrected chi connectivity index (χ1v) is 7.98. The highest BCUT2D eigenvalue weighted by Crippen LogP contribution is 2.24. The van der Waals surface area contributed by atoms with Crippen LogP contribution in [0.2, 0.25) is 0 Å². The molecule has 0 atom stereocenters. The molecule has 0 aliphatic rings. The van der Waals surface area contributed by atoms with Crippen molar-refractivity contribution in [2.24, 2.45) is 0 Å². The Morgan fingerprint density at radius 2 is 1.86 bits per heavy atom. The molecule has 0 amide bonds. The van der Waals surface area contributed by atoms with E-state index in [-0.39, 0.29) is 5.56 Å². The van der Waals surface area contributed by atoms with Crippen molar-refractivity contribution in [1.29, 1.82) is 0 Å². The van der Waals surface area contributed by atoms with Gasteiger partial charge in [0.05, 0.1) is 5.69 Å². The summed E-state index contributed by atoms with van der Waals surface area (Å²) >= 11 is 5.39. The van der Waals surface area contributed by atoms with Crippen molar-refractivity contribution in [3.05, 3.63) is 67.2 Å². The SMILES string of the molecule is O=c1[nH]c(-c2cncc(Br)c2)nc(-c2ccccc2)c1I. The van der Waals surface area contributed by atoms with E-state index >= 15 is 0 Å². The zero-order valence-electron chi connectivity index (χ0n) is 10.7. The molecule has 0 fully saturated rings. The standard InChI is InChI=1S/C15H9BrIN3O/c16-11-6-10(7-18-8-11)14-19-13(12(17)15(21)20-14)9-4-2-1-3-5-9/h1-8H,(H,19,20,21). The van der Waals surface area contributed by atoms with Gasteiger partial charge in [0.25, 0.3) is 5.56 Å². The van der Waals surface area contributed by atoms with Crippen molar-refractivity contribution in [3.8, 4) is 22.6 Å². The predicted molar refractivity (Wildman–Crippen MR) is 93.9 cm³/mol. The van der Waals surface area contributed by atoms with Gasteiger partial charge in [-0.3, -0.25) is 9.78 Å². The predicted octanol–water partition coefficient (Wildman–Crippen LogP) is 3.87. The molecule has 3 rings (SSSR count). The van der Waals surface area contributed by atoms with Gasteiger partial charge in [-0.05, 0) is 44.6 Å². The number of nitrogens with zero attached hydrogens (tertiary/aromatic N) is 2. The fourth-order valence-electron chi connectivity index (χ4n) is 1.92. The normalized spacial score (nSPS) is 10.6. The van der Waals surface area contributed by atoms with Gasteiger partial charge in [-0.1, -0.05) is 30.3 Å². The van der Waals surface area contributed by atoms with Gasteiger partial charge in [0.2, 0.25) is 0 Å². The van der Waals surface area contributed by atoms with Gasteiger partial charge in [0.15, 0.2) is 0 Å². The summed E-state index contributed by atoms with van der Waals surface area (Å²) in [5, 5.41) is 0. The molecule has 0 bridgehead atoms. The number of benzene rings is 1. The Morgan fingerprint density at radius 3 is 2.57 bits per heavy atom. The van der Waals surface area contributed by atoms with Crippen molar-refractivity contribution >= 4 is 38.5 Å². The Hall–Kier alpha value is -1.54. The second-order valence-electron chi connectivity index (χ2n) is 4.33. The number of nitrogens with one attached hydrogen (secondary N) is 1. The van der Waals surface area contributed by atoms with Crippen LogP contribution in [0.3, 0.4) is 0 Å². The van der Waals surface area contributed by atoms with Crippen molar-refractivity contribution < 1.29 is 0 Å². The minimum absolute atomic E-state index is 0.153. The largest absolute Gasteiger partial charge is 0.306 e. The van der Waals surface area contributed by atoms with E-state index in [9.17, 15) is 4.79 Å². The first kappa shape index (κ1) is 14.4. The topological polar surface area (TPSA) is 58.6 Å². The fourth-order valence-corrected chi connectivity index (χ4v) is 2.86. The Balaban J connectivity index is 2.21. The van der Waals surface area contributed by atoms with Crippen LogP contribution in [-0.2, 0) is 0 Å². The van der Waals surface area contributed by atoms with Gasteiger partial charge in [-0.2, -0.15) is 0 Å². The van der Waals surface area contributed by atoms with Crippen LogP contribution in [0.4, 0.5) is 0 Å². The van der Waals surface area contributed by atoms with Gasteiger partial charge < -0.3 is 4.98 Å². The molecule has 0 spiro atoms. The number of pyridine rings is 1. The maximum absolute atomic E-state index is 12.2. The number of hydrogen-bond donors (Lipinski definition) is 1. The lowest BCUT2D eigenvalue weighted by Gasteiger charge is -2.07. The molecule has 0 aliphatic carbocycles. The summed E-state index contributed by atoms with van der Waals surface area (Å²) in [4.78, 5) is 23.6. The molecule has 0 saturated carbocycles. The lowest BCUT2D eigenvalue weighted by atomic mass is 10.1. The minimum Gasteiger partial charge on any atom is -0.306 e. The third kappa shape index (κ3) is 3.06. The summed E-state index contributed by atoms with van der Waals surface area (Å²) in [5.41, 5.74) is 2.20.